The predicted molar refractivity (Wildman–Crippen MR) is 48.3 cm³/mol. The highest BCUT2D eigenvalue weighted by atomic mass is 15.6. The zero-order chi connectivity index (χ0) is 9.38. The van der Waals surface area contributed by atoms with Gasteiger partial charge < -0.3 is 0 Å². The summed E-state index contributed by atoms with van der Waals surface area (Å²) in [6.45, 7) is 0. The van der Waals surface area contributed by atoms with Crippen molar-refractivity contribution in [2.75, 3.05) is 0 Å². The molecule has 0 atom stereocenters. The molecular weight excluding hydrogens is 180 g/mol. The second-order valence-corrected chi connectivity index (χ2v) is 2.75. The number of hydrogen-bond acceptors (Lipinski definition) is 4. The van der Waals surface area contributed by atoms with Crippen molar-refractivity contribution in [2.45, 2.75) is 0 Å². The molecule has 0 aliphatic heterocycles. The summed E-state index contributed by atoms with van der Waals surface area (Å²) in [6, 6.07) is 1.84. The first-order valence-electron chi connectivity index (χ1n) is 4.08. The Morgan fingerprint density at radius 3 is 3.07 bits per heavy atom. The summed E-state index contributed by atoms with van der Waals surface area (Å²) in [5.74, 6) is 0. The van der Waals surface area contributed by atoms with Crippen LogP contribution in [0.4, 0.5) is 0 Å². The van der Waals surface area contributed by atoms with Crippen molar-refractivity contribution in [3.63, 3.8) is 0 Å². The monoisotopic (exact) mass is 186 g/mol. The Morgan fingerprint density at radius 1 is 1.21 bits per heavy atom. The second-order valence-electron chi connectivity index (χ2n) is 2.75. The molecule has 0 aliphatic carbocycles. The van der Waals surface area contributed by atoms with Crippen LogP contribution >= 0.6 is 0 Å². The summed E-state index contributed by atoms with van der Waals surface area (Å²) >= 11 is 0. The van der Waals surface area contributed by atoms with Crippen LogP contribution in [0.1, 0.15) is 0 Å². The molecule has 0 amide bonds. The fourth-order valence-corrected chi connectivity index (χ4v) is 1.29. The highest BCUT2D eigenvalue weighted by Crippen LogP contribution is 2.06. The van der Waals surface area contributed by atoms with E-state index in [-0.39, 0.29) is 0 Å². The van der Waals surface area contributed by atoms with E-state index in [4.69, 9.17) is 0 Å². The molecule has 3 aromatic heterocycles. The second kappa shape index (κ2) is 2.63. The van der Waals surface area contributed by atoms with Gasteiger partial charge in [-0.2, -0.15) is 9.89 Å². The average Bonchev–Trinajstić information content (AvgIpc) is 2.85. The van der Waals surface area contributed by atoms with Gasteiger partial charge in [0, 0.05) is 6.20 Å². The van der Waals surface area contributed by atoms with Gasteiger partial charge >= 0.3 is 0 Å². The van der Waals surface area contributed by atoms with Crippen molar-refractivity contribution >= 4 is 11.2 Å². The molecule has 6 heteroatoms. The van der Waals surface area contributed by atoms with Gasteiger partial charge in [0.25, 0.3) is 0 Å². The highest BCUT2D eigenvalue weighted by Gasteiger charge is 2.03. The molecule has 6 nitrogen and oxygen atoms in total. The van der Waals surface area contributed by atoms with Crippen LogP contribution in [0.25, 0.3) is 11.2 Å². The molecule has 0 unspecified atom stereocenters. The van der Waals surface area contributed by atoms with Crippen LogP contribution in [0.15, 0.2) is 37.3 Å². The number of aromatic nitrogens is 6. The van der Waals surface area contributed by atoms with Crippen LogP contribution in [-0.4, -0.2) is 29.5 Å². The third kappa shape index (κ3) is 0.905. The van der Waals surface area contributed by atoms with Crippen molar-refractivity contribution in [2.24, 2.45) is 0 Å². The number of hydrogen-bond donors (Lipinski definition) is 0. The standard InChI is InChI=1S/C8H6N6/c1-2-12-14(3-1)13-6-11-7-4-9-5-10-8(7)13/h1-6H. The number of rotatable bonds is 1. The topological polar surface area (TPSA) is 61.4 Å². The van der Waals surface area contributed by atoms with Gasteiger partial charge in [-0.3, -0.25) is 0 Å². The quantitative estimate of drug-likeness (QED) is 0.549. The molecule has 0 saturated carbocycles. The van der Waals surface area contributed by atoms with E-state index in [2.05, 4.69) is 20.1 Å². The molecule has 0 fully saturated rings. The van der Waals surface area contributed by atoms with E-state index < -0.39 is 0 Å². The van der Waals surface area contributed by atoms with E-state index in [0.717, 1.165) is 11.2 Å². The lowest BCUT2D eigenvalue weighted by molar-refractivity contribution is 0.586. The summed E-state index contributed by atoms with van der Waals surface area (Å²) in [4.78, 5) is 13.8. The zero-order valence-electron chi connectivity index (χ0n) is 7.15. The number of fused-ring (bicyclic) bond motifs is 1. The normalized spacial score (nSPS) is 10.9. The largest absolute Gasteiger partial charge is 0.242 e. The molecule has 3 rings (SSSR count). The summed E-state index contributed by atoms with van der Waals surface area (Å²) in [7, 11) is 0. The van der Waals surface area contributed by atoms with Gasteiger partial charge in [-0.15, -0.1) is 0 Å². The highest BCUT2D eigenvalue weighted by molar-refractivity contribution is 5.68. The summed E-state index contributed by atoms with van der Waals surface area (Å²) < 4.78 is 1.75. The first-order valence-corrected chi connectivity index (χ1v) is 4.08. The SMILES string of the molecule is c1cnn(-n2cnc3cncnc32)c1. The lowest BCUT2D eigenvalue weighted by atomic mass is 10.6. The van der Waals surface area contributed by atoms with Crippen molar-refractivity contribution in [3.05, 3.63) is 37.3 Å². The molecule has 0 bridgehead atoms. The van der Waals surface area contributed by atoms with E-state index in [9.17, 15) is 0 Å². The van der Waals surface area contributed by atoms with Crippen LogP contribution < -0.4 is 0 Å². The third-order valence-corrected chi connectivity index (χ3v) is 1.91. The van der Waals surface area contributed by atoms with Gasteiger partial charge in [-0.1, -0.05) is 0 Å². The minimum atomic E-state index is 0.740. The maximum absolute atomic E-state index is 4.15. The summed E-state index contributed by atoms with van der Waals surface area (Å²) in [6.07, 6.45) is 8.34. The fourth-order valence-electron chi connectivity index (χ4n) is 1.29. The van der Waals surface area contributed by atoms with Crippen molar-refractivity contribution in [1.82, 2.24) is 29.5 Å². The molecule has 0 saturated heterocycles. The Labute approximate surface area is 78.8 Å². The molecule has 14 heavy (non-hydrogen) atoms. The summed E-state index contributed by atoms with van der Waals surface area (Å²) in [5, 5.41) is 4.09. The molecule has 68 valence electrons. The maximum atomic E-state index is 4.15. The summed E-state index contributed by atoms with van der Waals surface area (Å²) in [5.41, 5.74) is 1.49. The Bertz CT molecular complexity index is 552. The predicted octanol–water partition coefficient (Wildman–Crippen LogP) is 0.334. The minimum Gasteiger partial charge on any atom is -0.242 e. The van der Waals surface area contributed by atoms with Crippen LogP contribution in [0.2, 0.25) is 0 Å². The first-order chi connectivity index (χ1) is 6.95. The zero-order valence-corrected chi connectivity index (χ0v) is 7.15. The van der Waals surface area contributed by atoms with E-state index in [1.165, 1.54) is 6.33 Å². The molecule has 0 aromatic carbocycles. The minimum absolute atomic E-state index is 0.740. The Morgan fingerprint density at radius 2 is 2.21 bits per heavy atom. The molecular formula is C8H6N6. The molecule has 0 aliphatic rings. The smallest absolute Gasteiger partial charge is 0.184 e. The van der Waals surface area contributed by atoms with Crippen molar-refractivity contribution in [3.8, 4) is 0 Å². The van der Waals surface area contributed by atoms with Crippen molar-refractivity contribution < 1.29 is 0 Å². The van der Waals surface area contributed by atoms with Crippen molar-refractivity contribution in [1.29, 1.82) is 0 Å². The average molecular weight is 186 g/mol. The number of imidazole rings is 1. The lowest BCUT2D eigenvalue weighted by Crippen LogP contribution is -2.08. The Kier molecular flexibility index (Phi) is 1.35. The van der Waals surface area contributed by atoms with Crippen LogP contribution in [0, 0.1) is 0 Å². The third-order valence-electron chi connectivity index (χ3n) is 1.91. The van der Waals surface area contributed by atoms with Crippen LogP contribution in [0.5, 0.6) is 0 Å². The van der Waals surface area contributed by atoms with E-state index in [1.54, 1.807) is 28.2 Å². The van der Waals surface area contributed by atoms with Gasteiger partial charge in [-0.25, -0.2) is 19.6 Å². The Balaban J connectivity index is 2.33. The molecule has 0 radical (unpaired) electrons. The first kappa shape index (κ1) is 7.19. The number of nitrogens with zero attached hydrogens (tertiary/aromatic N) is 6. The molecule has 0 N–H and O–H groups in total. The van der Waals surface area contributed by atoms with Gasteiger partial charge in [0.15, 0.2) is 5.65 Å². The van der Waals surface area contributed by atoms with Gasteiger partial charge in [0.2, 0.25) is 0 Å². The van der Waals surface area contributed by atoms with Crippen LogP contribution in [-0.2, 0) is 0 Å². The van der Waals surface area contributed by atoms with Gasteiger partial charge in [0.1, 0.15) is 18.2 Å². The fraction of sp³-hybridized carbons (Fsp3) is 0. The lowest BCUT2D eigenvalue weighted by Gasteiger charge is -2.00. The van der Waals surface area contributed by atoms with E-state index in [0.29, 0.717) is 0 Å². The maximum Gasteiger partial charge on any atom is 0.184 e. The van der Waals surface area contributed by atoms with Gasteiger partial charge in [0.05, 0.1) is 12.4 Å². The van der Waals surface area contributed by atoms with Gasteiger partial charge in [-0.05, 0) is 6.07 Å². The Hall–Kier alpha value is -2.24. The molecule has 3 heterocycles. The molecule has 0 spiro atoms. The van der Waals surface area contributed by atoms with E-state index >= 15 is 0 Å². The molecule has 3 aromatic rings. The van der Waals surface area contributed by atoms with E-state index in [1.807, 2.05) is 12.3 Å². The van der Waals surface area contributed by atoms with Crippen LogP contribution in [0.3, 0.4) is 0 Å².